The highest BCUT2D eigenvalue weighted by Gasteiger charge is 2.60. The van der Waals surface area contributed by atoms with Crippen LogP contribution in [0.2, 0.25) is 0 Å². The van der Waals surface area contributed by atoms with E-state index in [1.807, 2.05) is 0 Å². The Labute approximate surface area is 201 Å². The molecule has 0 bridgehead atoms. The van der Waals surface area contributed by atoms with Gasteiger partial charge < -0.3 is 19.5 Å². The van der Waals surface area contributed by atoms with Crippen LogP contribution in [-0.4, -0.2) is 41.7 Å². The number of carbonyl (C=O) groups is 1. The predicted octanol–water partition coefficient (Wildman–Crippen LogP) is 3.90. The summed E-state index contributed by atoms with van der Waals surface area (Å²) in [4.78, 5) is 25.7. The molecule has 3 aromatic rings. The van der Waals surface area contributed by atoms with Crippen LogP contribution < -0.4 is 14.8 Å². The summed E-state index contributed by atoms with van der Waals surface area (Å²) >= 11 is 0. The normalized spacial score (nSPS) is 18.7. The second-order valence-corrected chi connectivity index (χ2v) is 8.52. The Kier molecular flexibility index (Phi) is 6.93. The quantitative estimate of drug-likeness (QED) is 0.492. The number of aromatic nitrogens is 3. The van der Waals surface area contributed by atoms with Gasteiger partial charge in [0.25, 0.3) is 0 Å². The molecule has 0 spiro atoms. The van der Waals surface area contributed by atoms with E-state index in [0.29, 0.717) is 34.8 Å². The Hall–Kier alpha value is -3.66. The van der Waals surface area contributed by atoms with E-state index in [1.54, 1.807) is 39.3 Å². The van der Waals surface area contributed by atoms with Gasteiger partial charge in [0.05, 0.1) is 38.6 Å². The van der Waals surface area contributed by atoms with Crippen LogP contribution in [0.3, 0.4) is 0 Å². The van der Waals surface area contributed by atoms with E-state index in [4.69, 9.17) is 14.2 Å². The maximum atomic E-state index is 14.1. The van der Waals surface area contributed by atoms with Gasteiger partial charge in [-0.1, -0.05) is 6.07 Å². The summed E-state index contributed by atoms with van der Waals surface area (Å²) in [5.41, 5.74) is 0.893. The van der Waals surface area contributed by atoms with Crippen molar-refractivity contribution < 1.29 is 27.8 Å². The van der Waals surface area contributed by atoms with E-state index < -0.39 is 23.0 Å². The summed E-state index contributed by atoms with van der Waals surface area (Å²) in [5, 5.41) is 2.75. The number of nitrogens with one attached hydrogen (secondary N) is 1. The lowest BCUT2D eigenvalue weighted by Gasteiger charge is -2.21. The van der Waals surface area contributed by atoms with Crippen LogP contribution in [0.5, 0.6) is 11.5 Å². The Morgan fingerprint density at radius 2 is 1.91 bits per heavy atom. The van der Waals surface area contributed by atoms with Gasteiger partial charge in [0, 0.05) is 12.5 Å². The monoisotopic (exact) mass is 484 g/mol. The molecule has 1 N–H and O–H groups in total. The number of pyridine rings is 1. The molecule has 10 heteroatoms. The SMILES string of the molecule is COCc1nc(C)ncc1OC[C@@]1(c2ccc(F)c(OC)c2)C[C@H]1C(=O)Nc1cc(C)c(F)cn1. The topological polar surface area (TPSA) is 95.5 Å². The van der Waals surface area contributed by atoms with Crippen molar-refractivity contribution in [2.24, 2.45) is 5.92 Å². The number of anilines is 1. The number of aryl methyl sites for hydroxylation is 2. The lowest BCUT2D eigenvalue weighted by Crippen LogP contribution is -2.27. The Balaban J connectivity index is 1.62. The maximum Gasteiger partial charge on any atom is 0.229 e. The number of hydrogen-bond acceptors (Lipinski definition) is 7. The molecule has 184 valence electrons. The molecular formula is C25H26F2N4O4. The Morgan fingerprint density at radius 3 is 2.63 bits per heavy atom. The number of ether oxygens (including phenoxy) is 3. The first-order valence-corrected chi connectivity index (χ1v) is 11.0. The van der Waals surface area contributed by atoms with Crippen LogP contribution in [-0.2, 0) is 21.6 Å². The minimum absolute atomic E-state index is 0.0718. The van der Waals surface area contributed by atoms with Crippen molar-refractivity contribution in [3.8, 4) is 11.5 Å². The van der Waals surface area contributed by atoms with Gasteiger partial charge in [0.1, 0.15) is 23.2 Å². The van der Waals surface area contributed by atoms with Crippen LogP contribution in [0.15, 0.2) is 36.7 Å². The van der Waals surface area contributed by atoms with E-state index in [1.165, 1.54) is 19.2 Å². The molecule has 1 fully saturated rings. The van der Waals surface area contributed by atoms with Crippen LogP contribution in [0.1, 0.15) is 29.1 Å². The van der Waals surface area contributed by atoms with Gasteiger partial charge in [0.2, 0.25) is 5.91 Å². The van der Waals surface area contributed by atoms with Crippen LogP contribution in [0.25, 0.3) is 0 Å². The fourth-order valence-electron chi connectivity index (χ4n) is 4.07. The maximum absolute atomic E-state index is 14.1. The largest absolute Gasteiger partial charge is 0.494 e. The minimum atomic E-state index is -0.755. The van der Waals surface area contributed by atoms with Gasteiger partial charge in [-0.05, 0) is 49.6 Å². The smallest absolute Gasteiger partial charge is 0.229 e. The molecule has 2 heterocycles. The highest BCUT2D eigenvalue weighted by Crippen LogP contribution is 2.55. The second kappa shape index (κ2) is 9.91. The zero-order valence-electron chi connectivity index (χ0n) is 19.9. The number of rotatable bonds is 9. The molecule has 1 saturated carbocycles. The van der Waals surface area contributed by atoms with Crippen molar-refractivity contribution in [1.29, 1.82) is 0 Å². The summed E-state index contributed by atoms with van der Waals surface area (Å²) in [6, 6.07) is 5.97. The first-order valence-electron chi connectivity index (χ1n) is 11.0. The van der Waals surface area contributed by atoms with Crippen LogP contribution >= 0.6 is 0 Å². The number of methoxy groups -OCH3 is 2. The van der Waals surface area contributed by atoms with E-state index in [2.05, 4.69) is 20.3 Å². The third kappa shape index (κ3) is 5.07. The molecule has 2 aromatic heterocycles. The van der Waals surface area contributed by atoms with Gasteiger partial charge >= 0.3 is 0 Å². The molecule has 1 aliphatic carbocycles. The van der Waals surface area contributed by atoms with Crippen molar-refractivity contribution in [1.82, 2.24) is 15.0 Å². The summed E-state index contributed by atoms with van der Waals surface area (Å²) in [6.45, 7) is 3.70. The number of hydrogen-bond donors (Lipinski definition) is 1. The third-order valence-corrected chi connectivity index (χ3v) is 6.13. The Bertz CT molecular complexity index is 1260. The third-order valence-electron chi connectivity index (χ3n) is 6.13. The number of amides is 1. The van der Waals surface area contributed by atoms with Gasteiger partial charge in [-0.25, -0.2) is 23.7 Å². The number of benzene rings is 1. The minimum Gasteiger partial charge on any atom is -0.494 e. The molecule has 0 radical (unpaired) electrons. The summed E-state index contributed by atoms with van der Waals surface area (Å²) in [6.07, 6.45) is 3.08. The molecule has 1 aliphatic rings. The van der Waals surface area contributed by atoms with E-state index in [-0.39, 0.29) is 30.7 Å². The average Bonchev–Trinajstić information content (AvgIpc) is 3.57. The van der Waals surface area contributed by atoms with Crippen LogP contribution in [0.4, 0.5) is 14.6 Å². The molecule has 0 unspecified atom stereocenters. The second-order valence-electron chi connectivity index (χ2n) is 8.52. The highest BCUT2D eigenvalue weighted by molar-refractivity contribution is 5.95. The predicted molar refractivity (Wildman–Crippen MR) is 123 cm³/mol. The molecular weight excluding hydrogens is 458 g/mol. The summed E-state index contributed by atoms with van der Waals surface area (Å²) in [7, 11) is 2.94. The van der Waals surface area contributed by atoms with E-state index in [9.17, 15) is 13.6 Å². The van der Waals surface area contributed by atoms with Crippen LogP contribution in [0, 0.1) is 31.4 Å². The summed E-state index contributed by atoms with van der Waals surface area (Å²) < 4.78 is 44.2. The van der Waals surface area contributed by atoms with E-state index >= 15 is 0 Å². The van der Waals surface area contributed by atoms with Crippen molar-refractivity contribution in [2.75, 3.05) is 26.1 Å². The molecule has 1 aromatic carbocycles. The Morgan fingerprint density at radius 1 is 1.11 bits per heavy atom. The molecule has 4 rings (SSSR count). The fourth-order valence-corrected chi connectivity index (χ4v) is 4.07. The lowest BCUT2D eigenvalue weighted by molar-refractivity contribution is -0.117. The molecule has 8 nitrogen and oxygen atoms in total. The summed E-state index contributed by atoms with van der Waals surface area (Å²) in [5.74, 6) is -0.420. The van der Waals surface area contributed by atoms with Gasteiger partial charge in [0.15, 0.2) is 17.3 Å². The highest BCUT2D eigenvalue weighted by atomic mass is 19.1. The van der Waals surface area contributed by atoms with Crippen molar-refractivity contribution in [3.05, 3.63) is 70.9 Å². The first-order chi connectivity index (χ1) is 16.8. The zero-order valence-corrected chi connectivity index (χ0v) is 19.9. The number of nitrogens with zero attached hydrogens (tertiary/aromatic N) is 3. The lowest BCUT2D eigenvalue weighted by atomic mass is 9.93. The average molecular weight is 485 g/mol. The molecule has 0 aliphatic heterocycles. The van der Waals surface area contributed by atoms with Crippen molar-refractivity contribution >= 4 is 11.7 Å². The molecule has 35 heavy (non-hydrogen) atoms. The first kappa shape index (κ1) is 24.5. The zero-order chi connectivity index (χ0) is 25.2. The standard InChI is InChI=1S/C25H26F2N4O4/c1-14-7-23(29-10-19(14)27)31-24(32)17-9-25(17,16-5-6-18(26)21(8-16)34-4)13-35-22-11-28-15(2)30-20(22)12-33-3/h5-8,10-11,17H,9,12-13H2,1-4H3,(H,29,31,32)/t17-,25+/m0/s1. The van der Waals surface area contributed by atoms with Gasteiger partial charge in [-0.15, -0.1) is 0 Å². The fraction of sp³-hybridized carbons (Fsp3) is 0.360. The number of halogens is 2. The molecule has 0 saturated heterocycles. The molecule has 1 amide bonds. The van der Waals surface area contributed by atoms with E-state index in [0.717, 1.165) is 6.20 Å². The van der Waals surface area contributed by atoms with Crippen molar-refractivity contribution in [3.63, 3.8) is 0 Å². The molecule has 2 atom stereocenters. The van der Waals surface area contributed by atoms with Gasteiger partial charge in [-0.3, -0.25) is 4.79 Å². The van der Waals surface area contributed by atoms with Crippen molar-refractivity contribution in [2.45, 2.75) is 32.3 Å². The van der Waals surface area contributed by atoms with Gasteiger partial charge in [-0.2, -0.15) is 0 Å². The number of carbonyl (C=O) groups excluding carboxylic acids is 1.